The van der Waals surface area contributed by atoms with Gasteiger partial charge in [0, 0.05) is 35.4 Å². The highest BCUT2D eigenvalue weighted by Crippen LogP contribution is 2.26. The van der Waals surface area contributed by atoms with Gasteiger partial charge in [-0.1, -0.05) is 30.1 Å². The molecule has 5 heteroatoms. The van der Waals surface area contributed by atoms with Crippen molar-refractivity contribution in [1.82, 2.24) is 9.88 Å². The lowest BCUT2D eigenvalue weighted by Gasteiger charge is -2.35. The Kier molecular flexibility index (Phi) is 5.46. The Morgan fingerprint density at radius 2 is 2.00 bits per heavy atom. The van der Waals surface area contributed by atoms with Gasteiger partial charge in [-0.15, -0.1) is 0 Å². The first kappa shape index (κ1) is 15.0. The van der Waals surface area contributed by atoms with E-state index in [9.17, 15) is 0 Å². The minimum atomic E-state index is 0.385. The molecule has 0 aromatic carbocycles. The van der Waals surface area contributed by atoms with E-state index >= 15 is 0 Å². The number of nitrogens with zero attached hydrogens (tertiary/aromatic N) is 2. The number of halogens is 2. The fourth-order valence-corrected chi connectivity index (χ4v) is 3.16. The number of nitrogens with two attached hydrogens (primary N) is 1. The Hall–Kier alpha value is -0.350. The summed E-state index contributed by atoms with van der Waals surface area (Å²) in [6, 6.07) is 2.70. The van der Waals surface area contributed by atoms with Crippen molar-refractivity contribution in [2.24, 2.45) is 5.73 Å². The van der Waals surface area contributed by atoms with Crippen LogP contribution in [0, 0.1) is 0 Å². The molecule has 2 rings (SSSR count). The molecule has 1 saturated carbocycles. The van der Waals surface area contributed by atoms with Gasteiger partial charge >= 0.3 is 0 Å². The van der Waals surface area contributed by atoms with Gasteiger partial charge < -0.3 is 5.73 Å². The third-order valence-electron chi connectivity index (χ3n) is 3.93. The minimum Gasteiger partial charge on any atom is -0.328 e. The smallest absolute Gasteiger partial charge is 0.130 e. The van der Waals surface area contributed by atoms with Gasteiger partial charge in [0.15, 0.2) is 0 Å². The predicted octanol–water partition coefficient (Wildman–Crippen LogP) is 3.48. The van der Waals surface area contributed by atoms with Gasteiger partial charge in [-0.05, 0) is 38.3 Å². The molecule has 1 fully saturated rings. The monoisotopic (exact) mass is 301 g/mol. The Morgan fingerprint density at radius 1 is 1.32 bits per heavy atom. The van der Waals surface area contributed by atoms with Gasteiger partial charge in [0.2, 0.25) is 0 Å². The zero-order valence-electron chi connectivity index (χ0n) is 11.3. The first-order valence-corrected chi connectivity index (χ1v) is 7.65. The Morgan fingerprint density at radius 3 is 2.58 bits per heavy atom. The van der Waals surface area contributed by atoms with E-state index < -0.39 is 0 Å². The molecule has 1 aromatic heterocycles. The van der Waals surface area contributed by atoms with Crippen LogP contribution in [0.3, 0.4) is 0 Å². The number of rotatable bonds is 4. The second-order valence-electron chi connectivity index (χ2n) is 5.23. The van der Waals surface area contributed by atoms with Crippen molar-refractivity contribution >= 4 is 23.2 Å². The van der Waals surface area contributed by atoms with Crippen LogP contribution in [0.5, 0.6) is 0 Å². The van der Waals surface area contributed by atoms with Crippen LogP contribution < -0.4 is 5.73 Å². The molecule has 2 N–H and O–H groups in total. The first-order chi connectivity index (χ1) is 9.10. The summed E-state index contributed by atoms with van der Waals surface area (Å²) in [6.07, 6.45) is 6.37. The normalized spacial score (nSPS) is 23.8. The maximum Gasteiger partial charge on any atom is 0.130 e. The number of hydrogen-bond acceptors (Lipinski definition) is 3. The van der Waals surface area contributed by atoms with Crippen LogP contribution in [0.2, 0.25) is 10.2 Å². The lowest BCUT2D eigenvalue weighted by molar-refractivity contribution is 0.149. The number of aromatic nitrogens is 1. The van der Waals surface area contributed by atoms with Gasteiger partial charge in [-0.3, -0.25) is 4.90 Å². The molecule has 0 spiro atoms. The van der Waals surface area contributed by atoms with E-state index in [1.807, 2.05) is 0 Å². The van der Waals surface area contributed by atoms with E-state index in [1.165, 1.54) is 12.8 Å². The molecule has 1 aliphatic carbocycles. The van der Waals surface area contributed by atoms with Crippen LogP contribution in [-0.4, -0.2) is 28.5 Å². The summed E-state index contributed by atoms with van der Waals surface area (Å²) in [5, 5.41) is 1.14. The lowest BCUT2D eigenvalue weighted by Crippen LogP contribution is -2.40. The molecule has 1 aromatic rings. The van der Waals surface area contributed by atoms with E-state index in [4.69, 9.17) is 28.9 Å². The van der Waals surface area contributed by atoms with E-state index in [-0.39, 0.29) is 0 Å². The molecule has 106 valence electrons. The quantitative estimate of drug-likeness (QED) is 0.866. The van der Waals surface area contributed by atoms with Crippen molar-refractivity contribution in [3.63, 3.8) is 0 Å². The lowest BCUT2D eigenvalue weighted by atomic mass is 9.90. The molecule has 0 saturated heterocycles. The van der Waals surface area contributed by atoms with Crippen LogP contribution >= 0.6 is 23.2 Å². The fourth-order valence-electron chi connectivity index (χ4n) is 2.74. The van der Waals surface area contributed by atoms with Crippen LogP contribution in [0.15, 0.2) is 12.3 Å². The summed E-state index contributed by atoms with van der Waals surface area (Å²) < 4.78 is 0. The highest BCUT2D eigenvalue weighted by molar-refractivity contribution is 6.34. The fraction of sp³-hybridized carbons (Fsp3) is 0.643. The maximum absolute atomic E-state index is 6.22. The Balaban J connectivity index is 2.02. The topological polar surface area (TPSA) is 42.2 Å². The van der Waals surface area contributed by atoms with E-state index in [2.05, 4.69) is 16.8 Å². The van der Waals surface area contributed by atoms with Gasteiger partial charge in [0.25, 0.3) is 0 Å². The van der Waals surface area contributed by atoms with Crippen molar-refractivity contribution in [2.75, 3.05) is 6.54 Å². The van der Waals surface area contributed by atoms with Crippen molar-refractivity contribution in [3.8, 4) is 0 Å². The first-order valence-electron chi connectivity index (χ1n) is 6.89. The standard InChI is InChI=1S/C14H21Cl2N3/c1-2-19(12-5-3-11(17)4-6-12)9-10-8-18-14(16)7-13(10)15/h7-8,11-12H,2-6,9,17H2,1H3. The van der Waals surface area contributed by atoms with E-state index in [0.29, 0.717) is 22.3 Å². The van der Waals surface area contributed by atoms with Crippen molar-refractivity contribution in [3.05, 3.63) is 28.0 Å². The zero-order chi connectivity index (χ0) is 13.8. The van der Waals surface area contributed by atoms with E-state index in [1.54, 1.807) is 12.3 Å². The molecule has 0 radical (unpaired) electrons. The van der Waals surface area contributed by atoms with Crippen LogP contribution in [-0.2, 0) is 6.54 Å². The van der Waals surface area contributed by atoms with Crippen molar-refractivity contribution in [2.45, 2.75) is 51.2 Å². The minimum absolute atomic E-state index is 0.385. The van der Waals surface area contributed by atoms with E-state index in [0.717, 1.165) is 31.5 Å². The molecule has 1 heterocycles. The van der Waals surface area contributed by atoms with Gasteiger partial charge in [0.1, 0.15) is 5.15 Å². The summed E-state index contributed by atoms with van der Waals surface area (Å²) in [7, 11) is 0. The van der Waals surface area contributed by atoms with Crippen LogP contribution in [0.1, 0.15) is 38.2 Å². The van der Waals surface area contributed by atoms with Crippen molar-refractivity contribution < 1.29 is 0 Å². The molecule has 3 nitrogen and oxygen atoms in total. The molecule has 0 unspecified atom stereocenters. The summed E-state index contributed by atoms with van der Waals surface area (Å²) in [5.41, 5.74) is 7.01. The predicted molar refractivity (Wildman–Crippen MR) is 80.6 cm³/mol. The van der Waals surface area contributed by atoms with Gasteiger partial charge in [0.05, 0.1) is 0 Å². The third kappa shape index (κ3) is 4.06. The molecule has 0 atom stereocenters. The van der Waals surface area contributed by atoms with Gasteiger partial charge in [-0.25, -0.2) is 4.98 Å². The second kappa shape index (κ2) is 6.89. The second-order valence-corrected chi connectivity index (χ2v) is 6.02. The molecule has 0 aliphatic heterocycles. The number of hydrogen-bond donors (Lipinski definition) is 1. The largest absolute Gasteiger partial charge is 0.328 e. The average molecular weight is 302 g/mol. The Labute approximate surface area is 125 Å². The summed E-state index contributed by atoms with van der Waals surface area (Å²) in [4.78, 5) is 6.58. The number of pyridine rings is 1. The summed E-state index contributed by atoms with van der Waals surface area (Å²) >= 11 is 12.1. The molecule has 0 amide bonds. The summed E-state index contributed by atoms with van der Waals surface area (Å²) in [5.74, 6) is 0. The molecule has 19 heavy (non-hydrogen) atoms. The Bertz CT molecular complexity index is 417. The third-order valence-corrected chi connectivity index (χ3v) is 4.49. The maximum atomic E-state index is 6.22. The van der Waals surface area contributed by atoms with Gasteiger partial charge in [-0.2, -0.15) is 0 Å². The van der Waals surface area contributed by atoms with Crippen molar-refractivity contribution in [1.29, 1.82) is 0 Å². The average Bonchev–Trinajstić information content (AvgIpc) is 2.39. The molecule has 0 bridgehead atoms. The SMILES string of the molecule is CCN(Cc1cnc(Cl)cc1Cl)C1CCC(N)CC1. The summed E-state index contributed by atoms with van der Waals surface area (Å²) in [6.45, 7) is 4.03. The highest BCUT2D eigenvalue weighted by Gasteiger charge is 2.23. The van der Waals surface area contributed by atoms with Crippen LogP contribution in [0.25, 0.3) is 0 Å². The van der Waals surface area contributed by atoms with Crippen LogP contribution in [0.4, 0.5) is 0 Å². The zero-order valence-corrected chi connectivity index (χ0v) is 12.8. The highest BCUT2D eigenvalue weighted by atomic mass is 35.5. The molecular formula is C14H21Cl2N3. The molecular weight excluding hydrogens is 281 g/mol. The molecule has 1 aliphatic rings.